The third kappa shape index (κ3) is 3.53. The minimum Gasteiger partial charge on any atom is -0.396 e. The molecule has 1 amide bonds. The number of aliphatic hydroxyl groups is 1. The van der Waals surface area contributed by atoms with Crippen molar-refractivity contribution in [3.63, 3.8) is 0 Å². The van der Waals surface area contributed by atoms with Crippen LogP contribution in [0.3, 0.4) is 0 Å². The number of nitrogens with zero attached hydrogens (tertiary/aromatic N) is 4. The summed E-state index contributed by atoms with van der Waals surface area (Å²) in [6.07, 6.45) is 7.94. The van der Waals surface area contributed by atoms with Gasteiger partial charge in [0.2, 0.25) is 0 Å². The van der Waals surface area contributed by atoms with E-state index >= 15 is 0 Å². The number of aromatic nitrogens is 2. The summed E-state index contributed by atoms with van der Waals surface area (Å²) in [5.41, 5.74) is 0.518. The van der Waals surface area contributed by atoms with Gasteiger partial charge in [0.25, 0.3) is 11.6 Å². The molecule has 1 saturated heterocycles. The van der Waals surface area contributed by atoms with Gasteiger partial charge in [-0.15, -0.1) is 0 Å². The molecule has 0 bridgehead atoms. The van der Waals surface area contributed by atoms with Crippen LogP contribution in [-0.2, 0) is 0 Å². The van der Waals surface area contributed by atoms with Gasteiger partial charge in [-0.2, -0.15) is 0 Å². The number of nitro groups is 1. The highest BCUT2D eigenvalue weighted by Crippen LogP contribution is 2.27. The molecule has 1 aromatic heterocycles. The minimum atomic E-state index is -0.493. The maximum atomic E-state index is 12.9. The van der Waals surface area contributed by atoms with Crippen LogP contribution in [0, 0.1) is 10.1 Å². The monoisotopic (exact) mass is 344 g/mol. The van der Waals surface area contributed by atoms with Crippen LogP contribution >= 0.6 is 0 Å². The van der Waals surface area contributed by atoms with E-state index in [1.54, 1.807) is 27.8 Å². The molecule has 0 radical (unpaired) electrons. The van der Waals surface area contributed by atoms with Gasteiger partial charge < -0.3 is 14.6 Å². The van der Waals surface area contributed by atoms with Crippen molar-refractivity contribution in [1.29, 1.82) is 0 Å². The molecule has 2 heterocycles. The second kappa shape index (κ2) is 7.43. The number of aliphatic hydroxyl groups excluding tert-OH is 1. The van der Waals surface area contributed by atoms with E-state index in [-0.39, 0.29) is 24.2 Å². The van der Waals surface area contributed by atoms with Crippen LogP contribution < -0.4 is 0 Å². The summed E-state index contributed by atoms with van der Waals surface area (Å²) in [7, 11) is 0. The molecule has 1 aromatic carbocycles. The Hall–Kier alpha value is -2.74. The van der Waals surface area contributed by atoms with Crippen LogP contribution in [-0.4, -0.2) is 49.6 Å². The number of hydrogen-bond donors (Lipinski definition) is 1. The third-order valence-corrected chi connectivity index (χ3v) is 4.55. The number of carbonyl (C=O) groups excluding carboxylic acids is 1. The maximum Gasteiger partial charge on any atom is 0.294 e. The van der Waals surface area contributed by atoms with Crippen molar-refractivity contribution in [2.24, 2.45) is 0 Å². The Morgan fingerprint density at radius 1 is 1.40 bits per heavy atom. The Balaban J connectivity index is 1.93. The van der Waals surface area contributed by atoms with E-state index in [4.69, 9.17) is 0 Å². The van der Waals surface area contributed by atoms with Gasteiger partial charge in [-0.1, -0.05) is 0 Å². The minimum absolute atomic E-state index is 0.0152. The maximum absolute atomic E-state index is 12.9. The molecule has 1 aliphatic heterocycles. The van der Waals surface area contributed by atoms with Crippen molar-refractivity contribution in [3.05, 3.63) is 52.6 Å². The van der Waals surface area contributed by atoms with E-state index in [2.05, 4.69) is 4.98 Å². The Bertz CT molecular complexity index is 758. The average Bonchev–Trinajstić information content (AvgIpc) is 3.16. The van der Waals surface area contributed by atoms with Gasteiger partial charge in [0.1, 0.15) is 5.69 Å². The van der Waals surface area contributed by atoms with Gasteiger partial charge in [-0.05, 0) is 37.8 Å². The molecular formula is C17H20N4O4. The van der Waals surface area contributed by atoms with Crippen molar-refractivity contribution < 1.29 is 14.8 Å². The summed E-state index contributed by atoms with van der Waals surface area (Å²) in [4.78, 5) is 29.5. The molecule has 0 spiro atoms. The highest BCUT2D eigenvalue weighted by molar-refractivity contribution is 5.95. The Morgan fingerprint density at radius 2 is 2.24 bits per heavy atom. The summed E-state index contributed by atoms with van der Waals surface area (Å²) < 4.78 is 1.54. The van der Waals surface area contributed by atoms with E-state index in [9.17, 15) is 20.0 Å². The zero-order valence-corrected chi connectivity index (χ0v) is 13.7. The molecule has 8 heteroatoms. The third-order valence-electron chi connectivity index (χ3n) is 4.55. The van der Waals surface area contributed by atoms with E-state index in [1.165, 1.54) is 18.6 Å². The summed E-state index contributed by atoms with van der Waals surface area (Å²) in [6, 6.07) is 4.48. The summed E-state index contributed by atoms with van der Waals surface area (Å²) in [6.45, 7) is 0.634. The zero-order valence-electron chi connectivity index (χ0n) is 13.7. The number of likely N-dealkylation sites (tertiary alicyclic amines) is 1. The molecule has 2 aromatic rings. The number of amides is 1. The molecular weight excluding hydrogens is 324 g/mol. The quantitative estimate of drug-likeness (QED) is 0.661. The van der Waals surface area contributed by atoms with Crippen molar-refractivity contribution in [2.45, 2.75) is 31.7 Å². The Labute approximate surface area is 144 Å². The van der Waals surface area contributed by atoms with E-state index in [0.717, 1.165) is 19.3 Å². The van der Waals surface area contributed by atoms with Gasteiger partial charge in [-0.3, -0.25) is 14.9 Å². The summed E-state index contributed by atoms with van der Waals surface area (Å²) in [5, 5.41) is 20.7. The molecule has 25 heavy (non-hydrogen) atoms. The predicted octanol–water partition coefficient (Wildman–Crippen LogP) is 2.16. The number of imidazole rings is 1. The van der Waals surface area contributed by atoms with Gasteiger partial charge in [0.15, 0.2) is 0 Å². The fraction of sp³-hybridized carbons (Fsp3) is 0.412. The first-order valence-corrected chi connectivity index (χ1v) is 8.30. The first-order chi connectivity index (χ1) is 12.1. The van der Waals surface area contributed by atoms with E-state index in [1.807, 2.05) is 0 Å². The number of nitro benzene ring substituents is 1. The Morgan fingerprint density at radius 3 is 2.92 bits per heavy atom. The lowest BCUT2D eigenvalue weighted by Crippen LogP contribution is -2.44. The first-order valence-electron chi connectivity index (χ1n) is 8.30. The van der Waals surface area contributed by atoms with Crippen molar-refractivity contribution >= 4 is 11.6 Å². The van der Waals surface area contributed by atoms with E-state index < -0.39 is 4.92 Å². The van der Waals surface area contributed by atoms with Crippen LogP contribution in [0.25, 0.3) is 5.69 Å². The lowest BCUT2D eigenvalue weighted by Gasteiger charge is -2.35. The number of benzene rings is 1. The molecule has 132 valence electrons. The van der Waals surface area contributed by atoms with Crippen LogP contribution in [0.15, 0.2) is 36.9 Å². The van der Waals surface area contributed by atoms with Crippen LogP contribution in [0.4, 0.5) is 5.69 Å². The fourth-order valence-electron chi connectivity index (χ4n) is 3.31. The smallest absolute Gasteiger partial charge is 0.294 e. The highest BCUT2D eigenvalue weighted by Gasteiger charge is 2.28. The highest BCUT2D eigenvalue weighted by atomic mass is 16.6. The molecule has 1 N–H and O–H groups in total. The molecule has 8 nitrogen and oxygen atoms in total. The predicted molar refractivity (Wildman–Crippen MR) is 90.6 cm³/mol. The standard InChI is InChI=1S/C17H20N4O4/c22-10-6-14-3-1-2-8-20(14)17(23)13-4-5-15(16(11-13)21(24)25)19-9-7-18-12-19/h4-5,7,9,11-12,14,22H,1-3,6,8,10H2. The second-order valence-corrected chi connectivity index (χ2v) is 6.09. The SMILES string of the molecule is O=C(c1ccc(-n2ccnc2)c([N+](=O)[O-])c1)N1CCCCC1CCO. The van der Waals surface area contributed by atoms with Crippen LogP contribution in [0.1, 0.15) is 36.0 Å². The molecule has 0 saturated carbocycles. The van der Waals surface area contributed by atoms with Crippen molar-refractivity contribution in [1.82, 2.24) is 14.5 Å². The number of piperidine rings is 1. The molecule has 0 aliphatic carbocycles. The normalized spacial score (nSPS) is 17.5. The van der Waals surface area contributed by atoms with Gasteiger partial charge in [-0.25, -0.2) is 4.98 Å². The van der Waals surface area contributed by atoms with E-state index in [0.29, 0.717) is 24.2 Å². The summed E-state index contributed by atoms with van der Waals surface area (Å²) in [5.74, 6) is -0.224. The average molecular weight is 344 g/mol. The molecule has 3 rings (SSSR count). The van der Waals surface area contributed by atoms with Gasteiger partial charge in [0.05, 0.1) is 11.3 Å². The largest absolute Gasteiger partial charge is 0.396 e. The van der Waals surface area contributed by atoms with Crippen molar-refractivity contribution in [2.75, 3.05) is 13.2 Å². The molecule has 1 unspecified atom stereocenters. The summed E-state index contributed by atoms with van der Waals surface area (Å²) >= 11 is 0. The first kappa shape index (κ1) is 17.1. The van der Waals surface area contributed by atoms with Gasteiger partial charge >= 0.3 is 0 Å². The van der Waals surface area contributed by atoms with Gasteiger partial charge in [0, 0.05) is 43.2 Å². The zero-order chi connectivity index (χ0) is 17.8. The van der Waals surface area contributed by atoms with Crippen LogP contribution in [0.5, 0.6) is 0 Å². The second-order valence-electron chi connectivity index (χ2n) is 6.09. The molecule has 1 atom stereocenters. The lowest BCUT2D eigenvalue weighted by molar-refractivity contribution is -0.384. The number of rotatable bonds is 5. The molecule has 1 fully saturated rings. The molecule has 1 aliphatic rings. The number of carbonyl (C=O) groups is 1. The topological polar surface area (TPSA) is 102 Å². The number of hydrogen-bond acceptors (Lipinski definition) is 5. The van der Waals surface area contributed by atoms with Crippen molar-refractivity contribution in [3.8, 4) is 5.69 Å². The van der Waals surface area contributed by atoms with Crippen LogP contribution in [0.2, 0.25) is 0 Å². The Kier molecular flexibility index (Phi) is 5.08. The lowest BCUT2D eigenvalue weighted by atomic mass is 9.98. The fourth-order valence-corrected chi connectivity index (χ4v) is 3.31.